The molecule has 0 saturated carbocycles. The van der Waals surface area contributed by atoms with Crippen LogP contribution in [0.1, 0.15) is 12.8 Å². The van der Waals surface area contributed by atoms with Crippen LogP contribution in [0.3, 0.4) is 0 Å². The zero-order chi connectivity index (χ0) is 14.4. The van der Waals surface area contributed by atoms with Gasteiger partial charge in [0.05, 0.1) is 7.11 Å². The van der Waals surface area contributed by atoms with Crippen molar-refractivity contribution >= 4 is 5.91 Å². The van der Waals surface area contributed by atoms with E-state index < -0.39 is 0 Å². The molecular weight excluding hydrogens is 258 g/mol. The first-order chi connectivity index (χ1) is 9.74. The number of likely N-dealkylation sites (tertiary alicyclic amines) is 1. The van der Waals surface area contributed by atoms with E-state index in [2.05, 4.69) is 0 Å². The standard InChI is InChI=1S/C15H21NO4/c1-19-13-4-2-3-5-14(13)20-11-15(18)16-8-6-12(10-17)7-9-16/h2-5,12,17H,6-11H2,1H3. The van der Waals surface area contributed by atoms with Crippen LogP contribution >= 0.6 is 0 Å². The molecule has 5 nitrogen and oxygen atoms in total. The number of para-hydroxylation sites is 2. The molecule has 1 aliphatic rings. The van der Waals surface area contributed by atoms with Gasteiger partial charge in [0, 0.05) is 19.7 Å². The Morgan fingerprint density at radius 2 is 1.95 bits per heavy atom. The van der Waals surface area contributed by atoms with Crippen LogP contribution in [-0.4, -0.2) is 49.3 Å². The molecule has 2 rings (SSSR count). The van der Waals surface area contributed by atoms with Crippen LogP contribution in [0.25, 0.3) is 0 Å². The van der Waals surface area contributed by atoms with Gasteiger partial charge in [-0.05, 0) is 30.9 Å². The summed E-state index contributed by atoms with van der Waals surface area (Å²) < 4.78 is 10.7. The van der Waals surface area contributed by atoms with Gasteiger partial charge in [-0.2, -0.15) is 0 Å². The minimum Gasteiger partial charge on any atom is -0.493 e. The fourth-order valence-corrected chi connectivity index (χ4v) is 2.33. The highest BCUT2D eigenvalue weighted by Gasteiger charge is 2.22. The molecular formula is C15H21NO4. The topological polar surface area (TPSA) is 59.0 Å². The number of piperidine rings is 1. The van der Waals surface area contributed by atoms with Crippen molar-refractivity contribution < 1.29 is 19.4 Å². The Labute approximate surface area is 119 Å². The van der Waals surface area contributed by atoms with Crippen molar-refractivity contribution in [3.63, 3.8) is 0 Å². The number of carbonyl (C=O) groups is 1. The molecule has 0 unspecified atom stereocenters. The highest BCUT2D eigenvalue weighted by Crippen LogP contribution is 2.25. The third-order valence-corrected chi connectivity index (χ3v) is 3.65. The summed E-state index contributed by atoms with van der Waals surface area (Å²) in [7, 11) is 1.57. The lowest BCUT2D eigenvalue weighted by atomic mass is 9.98. The number of hydrogen-bond donors (Lipinski definition) is 1. The Hall–Kier alpha value is -1.75. The van der Waals surface area contributed by atoms with E-state index in [-0.39, 0.29) is 19.1 Å². The third kappa shape index (κ3) is 3.63. The molecule has 0 aromatic heterocycles. The van der Waals surface area contributed by atoms with E-state index in [4.69, 9.17) is 14.6 Å². The summed E-state index contributed by atoms with van der Waals surface area (Å²) in [5.74, 6) is 1.51. The first kappa shape index (κ1) is 14.7. The number of carbonyl (C=O) groups excluding carboxylic acids is 1. The van der Waals surface area contributed by atoms with E-state index in [1.807, 2.05) is 12.1 Å². The summed E-state index contributed by atoms with van der Waals surface area (Å²) in [4.78, 5) is 13.9. The molecule has 1 aromatic rings. The van der Waals surface area contributed by atoms with Crippen LogP contribution in [0, 0.1) is 5.92 Å². The van der Waals surface area contributed by atoms with E-state index >= 15 is 0 Å². The second-order valence-corrected chi connectivity index (χ2v) is 4.95. The molecule has 0 atom stereocenters. The average Bonchev–Trinajstić information content (AvgIpc) is 2.53. The van der Waals surface area contributed by atoms with E-state index in [9.17, 15) is 4.79 Å². The Morgan fingerprint density at radius 3 is 2.55 bits per heavy atom. The van der Waals surface area contributed by atoms with Gasteiger partial charge in [-0.15, -0.1) is 0 Å². The number of hydrogen-bond acceptors (Lipinski definition) is 4. The molecule has 1 heterocycles. The second-order valence-electron chi connectivity index (χ2n) is 4.95. The van der Waals surface area contributed by atoms with Crippen molar-refractivity contribution in [3.8, 4) is 11.5 Å². The number of benzene rings is 1. The first-order valence-corrected chi connectivity index (χ1v) is 6.89. The summed E-state index contributed by atoms with van der Waals surface area (Å²) in [6.07, 6.45) is 1.72. The lowest BCUT2D eigenvalue weighted by Crippen LogP contribution is -2.41. The first-order valence-electron chi connectivity index (χ1n) is 6.89. The van der Waals surface area contributed by atoms with Crippen LogP contribution in [0.4, 0.5) is 0 Å². The molecule has 1 aromatic carbocycles. The van der Waals surface area contributed by atoms with Crippen LogP contribution < -0.4 is 9.47 Å². The molecule has 110 valence electrons. The van der Waals surface area contributed by atoms with Crippen molar-refractivity contribution in [2.75, 3.05) is 33.4 Å². The highest BCUT2D eigenvalue weighted by atomic mass is 16.5. The predicted molar refractivity (Wildman–Crippen MR) is 74.9 cm³/mol. The zero-order valence-electron chi connectivity index (χ0n) is 11.7. The molecule has 1 aliphatic heterocycles. The van der Waals surface area contributed by atoms with E-state index in [1.165, 1.54) is 0 Å². The van der Waals surface area contributed by atoms with Gasteiger partial charge in [0.15, 0.2) is 18.1 Å². The molecule has 5 heteroatoms. The number of ether oxygens (including phenoxy) is 2. The summed E-state index contributed by atoms with van der Waals surface area (Å²) in [5.41, 5.74) is 0. The molecule has 1 saturated heterocycles. The van der Waals surface area contributed by atoms with E-state index in [0.717, 1.165) is 12.8 Å². The maximum Gasteiger partial charge on any atom is 0.260 e. The SMILES string of the molecule is COc1ccccc1OCC(=O)N1CCC(CO)CC1. The minimum atomic E-state index is -0.0210. The van der Waals surface area contributed by atoms with Gasteiger partial charge < -0.3 is 19.5 Å². The van der Waals surface area contributed by atoms with Crippen molar-refractivity contribution in [3.05, 3.63) is 24.3 Å². The number of amides is 1. The molecule has 0 spiro atoms. The maximum atomic E-state index is 12.1. The molecule has 0 bridgehead atoms. The van der Waals surface area contributed by atoms with Gasteiger partial charge in [-0.1, -0.05) is 12.1 Å². The lowest BCUT2D eigenvalue weighted by molar-refractivity contribution is -0.135. The normalized spacial score (nSPS) is 16.0. The number of aliphatic hydroxyl groups is 1. The largest absolute Gasteiger partial charge is 0.493 e. The van der Waals surface area contributed by atoms with Gasteiger partial charge in [0.25, 0.3) is 5.91 Å². The van der Waals surface area contributed by atoms with Crippen LogP contribution in [0.2, 0.25) is 0 Å². The van der Waals surface area contributed by atoms with Gasteiger partial charge in [-0.25, -0.2) is 0 Å². The van der Waals surface area contributed by atoms with Gasteiger partial charge in [0.1, 0.15) is 0 Å². The van der Waals surface area contributed by atoms with Crippen molar-refractivity contribution in [2.24, 2.45) is 5.92 Å². The average molecular weight is 279 g/mol. The van der Waals surface area contributed by atoms with Crippen LogP contribution in [-0.2, 0) is 4.79 Å². The number of rotatable bonds is 5. The number of methoxy groups -OCH3 is 1. The molecule has 1 N–H and O–H groups in total. The predicted octanol–water partition coefficient (Wildman–Crippen LogP) is 1.30. The number of nitrogens with zero attached hydrogens (tertiary/aromatic N) is 1. The van der Waals surface area contributed by atoms with E-state index in [1.54, 1.807) is 24.1 Å². The Morgan fingerprint density at radius 1 is 1.30 bits per heavy atom. The minimum absolute atomic E-state index is 0.0180. The third-order valence-electron chi connectivity index (χ3n) is 3.65. The van der Waals surface area contributed by atoms with Crippen molar-refractivity contribution in [2.45, 2.75) is 12.8 Å². The fourth-order valence-electron chi connectivity index (χ4n) is 2.33. The van der Waals surface area contributed by atoms with Crippen LogP contribution in [0.5, 0.6) is 11.5 Å². The zero-order valence-corrected chi connectivity index (χ0v) is 11.7. The summed E-state index contributed by atoms with van der Waals surface area (Å²) in [6.45, 7) is 1.61. The smallest absolute Gasteiger partial charge is 0.260 e. The molecule has 1 amide bonds. The van der Waals surface area contributed by atoms with Gasteiger partial charge in [0.2, 0.25) is 0 Å². The Kier molecular flexibility index (Phi) is 5.24. The van der Waals surface area contributed by atoms with Gasteiger partial charge >= 0.3 is 0 Å². The molecule has 1 fully saturated rings. The highest BCUT2D eigenvalue weighted by molar-refractivity contribution is 5.78. The maximum absolute atomic E-state index is 12.1. The lowest BCUT2D eigenvalue weighted by Gasteiger charge is -2.31. The summed E-state index contributed by atoms with van der Waals surface area (Å²) >= 11 is 0. The second kappa shape index (κ2) is 7.14. The fraction of sp³-hybridized carbons (Fsp3) is 0.533. The quantitative estimate of drug-likeness (QED) is 0.882. The van der Waals surface area contributed by atoms with Crippen molar-refractivity contribution in [1.29, 1.82) is 0 Å². The van der Waals surface area contributed by atoms with Gasteiger partial charge in [-0.3, -0.25) is 4.79 Å². The van der Waals surface area contributed by atoms with Crippen LogP contribution in [0.15, 0.2) is 24.3 Å². The Bertz CT molecular complexity index is 441. The molecule has 0 aliphatic carbocycles. The molecule has 0 radical (unpaired) electrons. The Balaban J connectivity index is 1.83. The summed E-state index contributed by atoms with van der Waals surface area (Å²) in [6, 6.07) is 7.28. The van der Waals surface area contributed by atoms with E-state index in [0.29, 0.717) is 30.5 Å². The monoisotopic (exact) mass is 279 g/mol. The number of aliphatic hydroxyl groups excluding tert-OH is 1. The summed E-state index contributed by atoms with van der Waals surface area (Å²) in [5, 5.41) is 9.08. The molecule has 20 heavy (non-hydrogen) atoms. The van der Waals surface area contributed by atoms with Crippen molar-refractivity contribution in [1.82, 2.24) is 4.90 Å².